The summed E-state index contributed by atoms with van der Waals surface area (Å²) >= 11 is 4.93. The Bertz CT molecular complexity index is 955. The van der Waals surface area contributed by atoms with Crippen LogP contribution in [0.2, 0.25) is 0 Å². The molecule has 1 amide bonds. The van der Waals surface area contributed by atoms with Crippen molar-refractivity contribution in [1.82, 2.24) is 4.90 Å². The lowest BCUT2D eigenvalue weighted by atomic mass is 10.1. The van der Waals surface area contributed by atoms with E-state index in [1.165, 1.54) is 17.3 Å². The molecule has 1 aliphatic heterocycles. The lowest BCUT2D eigenvalue weighted by Gasteiger charge is -2.13. The second kappa shape index (κ2) is 8.84. The normalized spacial score (nSPS) is 16.9. The first-order chi connectivity index (χ1) is 13.4. The molecule has 146 valence electrons. The van der Waals surface area contributed by atoms with E-state index < -0.39 is 0 Å². The average molecular weight is 461 g/mol. The van der Waals surface area contributed by atoms with Crippen LogP contribution in [0.3, 0.4) is 0 Å². The second-order valence-electron chi connectivity index (χ2n) is 6.28. The Morgan fingerprint density at radius 2 is 1.93 bits per heavy atom. The number of carbonyl (C=O) groups is 1. The summed E-state index contributed by atoms with van der Waals surface area (Å²) < 4.78 is 12.3. The van der Waals surface area contributed by atoms with Crippen molar-refractivity contribution in [3.05, 3.63) is 62.5 Å². The molecule has 1 heterocycles. The molecule has 5 nitrogen and oxygen atoms in total. The molecule has 0 bridgehead atoms. The molecule has 1 fully saturated rings. The molecule has 7 heteroatoms. The van der Waals surface area contributed by atoms with Crippen LogP contribution in [-0.2, 0) is 11.4 Å². The van der Waals surface area contributed by atoms with Gasteiger partial charge in [-0.2, -0.15) is 0 Å². The van der Waals surface area contributed by atoms with Crippen LogP contribution < -0.4 is 9.47 Å². The molecule has 2 aromatic rings. The molecule has 0 aliphatic carbocycles. The highest BCUT2D eigenvalue weighted by Gasteiger charge is 2.30. The maximum absolute atomic E-state index is 12.4. The summed E-state index contributed by atoms with van der Waals surface area (Å²) in [5, 5.41) is 0.678. The van der Waals surface area contributed by atoms with Gasteiger partial charge in [-0.05, 0) is 48.0 Å². The predicted octanol–water partition coefficient (Wildman–Crippen LogP) is 4.88. The van der Waals surface area contributed by atoms with E-state index in [1.54, 1.807) is 26.1 Å². The summed E-state index contributed by atoms with van der Waals surface area (Å²) in [5.74, 6) is 1.17. The molecule has 0 atom stereocenters. The van der Waals surface area contributed by atoms with E-state index in [4.69, 9.17) is 9.47 Å². The molecule has 3 rings (SSSR count). The van der Waals surface area contributed by atoms with Gasteiger partial charge in [-0.15, -0.1) is 0 Å². The number of amidine groups is 1. The monoisotopic (exact) mass is 460 g/mol. The van der Waals surface area contributed by atoms with Crippen molar-refractivity contribution in [2.24, 2.45) is 4.99 Å². The van der Waals surface area contributed by atoms with Gasteiger partial charge in [0.15, 0.2) is 16.7 Å². The molecule has 1 saturated heterocycles. The Hall–Kier alpha value is -2.25. The number of carbonyl (C=O) groups excluding carboxylic acids is 1. The molecule has 2 aromatic carbocycles. The fraction of sp³-hybridized carbons (Fsp3) is 0.238. The molecular formula is C21H21BrN2O3S. The van der Waals surface area contributed by atoms with Gasteiger partial charge < -0.3 is 9.47 Å². The summed E-state index contributed by atoms with van der Waals surface area (Å²) in [7, 11) is 4.99. The second-order valence-corrected chi connectivity index (χ2v) is 8.14. The molecule has 0 unspecified atom stereocenters. The van der Waals surface area contributed by atoms with E-state index in [1.807, 2.05) is 30.3 Å². The predicted molar refractivity (Wildman–Crippen MR) is 118 cm³/mol. The molecule has 1 aliphatic rings. The van der Waals surface area contributed by atoms with Crippen LogP contribution in [-0.4, -0.2) is 37.2 Å². The molecule has 0 saturated carbocycles. The van der Waals surface area contributed by atoms with Gasteiger partial charge in [-0.3, -0.25) is 14.7 Å². The van der Waals surface area contributed by atoms with Gasteiger partial charge in [-0.1, -0.05) is 45.8 Å². The lowest BCUT2D eigenvalue weighted by Crippen LogP contribution is -2.23. The number of hydrogen-bond acceptors (Lipinski definition) is 5. The van der Waals surface area contributed by atoms with Gasteiger partial charge in [0.05, 0.1) is 12.0 Å². The maximum atomic E-state index is 12.4. The van der Waals surface area contributed by atoms with Crippen LogP contribution in [0.25, 0.3) is 6.08 Å². The first-order valence-corrected chi connectivity index (χ1v) is 10.2. The van der Waals surface area contributed by atoms with Crippen molar-refractivity contribution in [3.63, 3.8) is 0 Å². The van der Waals surface area contributed by atoms with E-state index in [2.05, 4.69) is 40.0 Å². The van der Waals surface area contributed by atoms with Crippen LogP contribution in [0.1, 0.15) is 16.7 Å². The zero-order valence-corrected chi connectivity index (χ0v) is 18.6. The molecule has 0 radical (unpaired) electrons. The summed E-state index contributed by atoms with van der Waals surface area (Å²) in [6.07, 6.45) is 1.83. The van der Waals surface area contributed by atoms with E-state index >= 15 is 0 Å². The smallest absolute Gasteiger partial charge is 0.266 e. The Kier molecular flexibility index (Phi) is 6.46. The first-order valence-electron chi connectivity index (χ1n) is 8.63. The van der Waals surface area contributed by atoms with Crippen molar-refractivity contribution >= 4 is 44.8 Å². The Morgan fingerprint density at radius 3 is 2.54 bits per heavy atom. The largest absolute Gasteiger partial charge is 0.493 e. The number of aryl methyl sites for hydroxylation is 1. The Labute approximate surface area is 177 Å². The summed E-state index contributed by atoms with van der Waals surface area (Å²) in [4.78, 5) is 18.7. The number of methoxy groups -OCH3 is 1. The third-order valence-electron chi connectivity index (χ3n) is 4.28. The van der Waals surface area contributed by atoms with Gasteiger partial charge in [0.1, 0.15) is 6.61 Å². The molecule has 0 aromatic heterocycles. The number of likely N-dealkylation sites (N-methyl/N-ethyl adjacent to an activating group) is 1. The lowest BCUT2D eigenvalue weighted by molar-refractivity contribution is -0.121. The van der Waals surface area contributed by atoms with Gasteiger partial charge in [0, 0.05) is 18.6 Å². The number of aliphatic imine (C=N–C) groups is 1. The average Bonchev–Trinajstić information content (AvgIpc) is 2.97. The van der Waals surface area contributed by atoms with Gasteiger partial charge in [-0.25, -0.2) is 0 Å². The number of halogens is 1. The highest BCUT2D eigenvalue weighted by Crippen LogP contribution is 2.38. The van der Waals surface area contributed by atoms with Crippen molar-refractivity contribution in [2.45, 2.75) is 13.5 Å². The zero-order valence-electron chi connectivity index (χ0n) is 16.2. The van der Waals surface area contributed by atoms with Crippen LogP contribution in [0.5, 0.6) is 11.5 Å². The fourth-order valence-electron chi connectivity index (χ4n) is 2.67. The topological polar surface area (TPSA) is 51.1 Å². The number of hydrogen-bond donors (Lipinski definition) is 0. The SMILES string of the molecule is CN=C1S/C(=C/c2cc(OC)c(OCc3ccc(C)cc3)cc2Br)C(=O)N1C. The minimum atomic E-state index is -0.0730. The fourth-order valence-corrected chi connectivity index (χ4v) is 4.02. The number of nitrogens with zero attached hydrogens (tertiary/aromatic N) is 2. The summed E-state index contributed by atoms with van der Waals surface area (Å²) in [6.45, 7) is 2.50. The zero-order chi connectivity index (χ0) is 20.3. The molecular weight excluding hydrogens is 440 g/mol. The van der Waals surface area contributed by atoms with E-state index in [0.29, 0.717) is 28.2 Å². The number of benzene rings is 2. The van der Waals surface area contributed by atoms with Crippen molar-refractivity contribution in [1.29, 1.82) is 0 Å². The molecule has 28 heavy (non-hydrogen) atoms. The van der Waals surface area contributed by atoms with E-state index in [0.717, 1.165) is 15.6 Å². The highest BCUT2D eigenvalue weighted by molar-refractivity contribution is 9.10. The van der Waals surface area contributed by atoms with Crippen LogP contribution in [0, 0.1) is 6.92 Å². The minimum absolute atomic E-state index is 0.0730. The van der Waals surface area contributed by atoms with Crippen molar-refractivity contribution in [2.75, 3.05) is 21.2 Å². The number of ether oxygens (including phenoxy) is 2. The van der Waals surface area contributed by atoms with Gasteiger partial charge in [0.2, 0.25) is 0 Å². The van der Waals surface area contributed by atoms with E-state index in [9.17, 15) is 4.79 Å². The van der Waals surface area contributed by atoms with Crippen molar-refractivity contribution in [3.8, 4) is 11.5 Å². The highest BCUT2D eigenvalue weighted by atomic mass is 79.9. The number of amides is 1. The minimum Gasteiger partial charge on any atom is -0.493 e. The standard InChI is InChI=1S/C21H21BrN2O3S/c1-13-5-7-14(8-6-13)12-27-18-11-16(22)15(9-17(18)26-4)10-19-20(25)24(3)21(23-2)28-19/h5-11H,12H2,1-4H3/b19-10+,23-21?. The van der Waals surface area contributed by atoms with E-state index in [-0.39, 0.29) is 5.91 Å². The molecule has 0 spiro atoms. The quantitative estimate of drug-likeness (QED) is 0.596. The number of rotatable bonds is 5. The summed E-state index contributed by atoms with van der Waals surface area (Å²) in [6, 6.07) is 11.9. The maximum Gasteiger partial charge on any atom is 0.266 e. The van der Waals surface area contributed by atoms with Gasteiger partial charge in [0.25, 0.3) is 5.91 Å². The third kappa shape index (κ3) is 4.42. The molecule has 0 N–H and O–H groups in total. The Balaban J connectivity index is 1.84. The number of thioether (sulfide) groups is 1. The van der Waals surface area contributed by atoms with Gasteiger partial charge >= 0.3 is 0 Å². The Morgan fingerprint density at radius 1 is 1.21 bits per heavy atom. The van der Waals surface area contributed by atoms with Crippen LogP contribution in [0.4, 0.5) is 0 Å². The first kappa shape index (κ1) is 20.5. The van der Waals surface area contributed by atoms with Crippen molar-refractivity contribution < 1.29 is 14.3 Å². The third-order valence-corrected chi connectivity index (χ3v) is 6.12. The van der Waals surface area contributed by atoms with Crippen LogP contribution >= 0.6 is 27.7 Å². The van der Waals surface area contributed by atoms with Crippen LogP contribution in [0.15, 0.2) is 50.8 Å². The summed E-state index contributed by atoms with van der Waals surface area (Å²) in [5.41, 5.74) is 3.13.